The number of nitrogens with one attached hydrogen (secondary N) is 1. The third-order valence-corrected chi connectivity index (χ3v) is 3.63. The van der Waals surface area contributed by atoms with Crippen LogP contribution in [0.15, 0.2) is 46.9 Å². The summed E-state index contributed by atoms with van der Waals surface area (Å²) in [4.78, 5) is 0. The molecular weight excluding hydrogens is 318 g/mol. The van der Waals surface area contributed by atoms with Gasteiger partial charge in [-0.05, 0) is 36.4 Å². The van der Waals surface area contributed by atoms with E-state index < -0.39 is 0 Å². The molecule has 4 rings (SSSR count). The number of hydrogen-bond donors (Lipinski definition) is 1. The minimum atomic E-state index is 0.257. The monoisotopic (exact) mass is 329 g/mol. The molecule has 0 fully saturated rings. The maximum atomic E-state index is 5.87. The average Bonchev–Trinajstić information content (AvgIpc) is 3.22. The predicted molar refractivity (Wildman–Crippen MR) is 84.6 cm³/mol. The molecule has 3 aromatic rings. The minimum absolute atomic E-state index is 0.257. The summed E-state index contributed by atoms with van der Waals surface area (Å²) in [7, 11) is 0. The van der Waals surface area contributed by atoms with Crippen LogP contribution in [0.4, 0.5) is 5.69 Å². The molecule has 6 nitrogen and oxygen atoms in total. The van der Waals surface area contributed by atoms with Gasteiger partial charge in [0.05, 0.1) is 6.54 Å². The highest BCUT2D eigenvalue weighted by Crippen LogP contribution is 2.34. The first-order valence-corrected chi connectivity index (χ1v) is 7.37. The van der Waals surface area contributed by atoms with Crippen molar-refractivity contribution in [1.29, 1.82) is 0 Å². The van der Waals surface area contributed by atoms with Crippen LogP contribution >= 0.6 is 11.6 Å². The number of fused-ring (bicyclic) bond motifs is 1. The Labute approximate surface area is 137 Å². The molecular formula is C16H12ClN3O3. The van der Waals surface area contributed by atoms with Crippen molar-refractivity contribution in [3.8, 4) is 23.0 Å². The van der Waals surface area contributed by atoms with Crippen LogP contribution in [0.2, 0.25) is 5.02 Å². The summed E-state index contributed by atoms with van der Waals surface area (Å²) in [5.74, 6) is 2.43. The summed E-state index contributed by atoms with van der Waals surface area (Å²) in [6.07, 6.45) is 0. The van der Waals surface area contributed by atoms with Crippen LogP contribution in [-0.4, -0.2) is 17.0 Å². The Kier molecular flexibility index (Phi) is 3.51. The zero-order valence-corrected chi connectivity index (χ0v) is 12.7. The Morgan fingerprint density at radius 3 is 2.70 bits per heavy atom. The molecule has 0 amide bonds. The van der Waals surface area contributed by atoms with E-state index in [-0.39, 0.29) is 6.79 Å². The molecule has 0 aliphatic carbocycles. The maximum Gasteiger partial charge on any atom is 0.247 e. The average molecular weight is 330 g/mol. The van der Waals surface area contributed by atoms with Crippen molar-refractivity contribution >= 4 is 17.3 Å². The molecule has 0 bridgehead atoms. The van der Waals surface area contributed by atoms with E-state index in [2.05, 4.69) is 15.5 Å². The Bertz CT molecular complexity index is 833. The zero-order valence-electron chi connectivity index (χ0n) is 12.0. The topological polar surface area (TPSA) is 69.4 Å². The SMILES string of the molecule is Clc1ccc(-c2nnc(CNc3ccc4c(c3)OCO4)o2)cc1. The normalized spacial score (nSPS) is 12.4. The molecule has 1 N–H and O–H groups in total. The molecule has 0 radical (unpaired) electrons. The van der Waals surface area contributed by atoms with E-state index in [9.17, 15) is 0 Å². The van der Waals surface area contributed by atoms with Crippen molar-refractivity contribution in [2.24, 2.45) is 0 Å². The molecule has 0 saturated heterocycles. The van der Waals surface area contributed by atoms with Gasteiger partial charge in [-0.3, -0.25) is 0 Å². The van der Waals surface area contributed by atoms with Gasteiger partial charge in [-0.2, -0.15) is 0 Å². The van der Waals surface area contributed by atoms with Gasteiger partial charge >= 0.3 is 0 Å². The second-order valence-electron chi connectivity index (χ2n) is 4.93. The van der Waals surface area contributed by atoms with Gasteiger partial charge in [0.25, 0.3) is 0 Å². The number of benzene rings is 2. The lowest BCUT2D eigenvalue weighted by Crippen LogP contribution is -1.99. The van der Waals surface area contributed by atoms with E-state index in [1.165, 1.54) is 0 Å². The smallest absolute Gasteiger partial charge is 0.247 e. The Hall–Kier alpha value is -2.73. The van der Waals surface area contributed by atoms with Crippen LogP contribution < -0.4 is 14.8 Å². The number of nitrogens with zero attached hydrogens (tertiary/aromatic N) is 2. The number of rotatable bonds is 4. The van der Waals surface area contributed by atoms with Crippen LogP contribution in [0.25, 0.3) is 11.5 Å². The number of aromatic nitrogens is 2. The van der Waals surface area contributed by atoms with Crippen LogP contribution in [0.5, 0.6) is 11.5 Å². The zero-order chi connectivity index (χ0) is 15.6. The van der Waals surface area contributed by atoms with Gasteiger partial charge in [0.1, 0.15) is 0 Å². The molecule has 0 spiro atoms. The highest BCUT2D eigenvalue weighted by Gasteiger charge is 2.13. The van der Waals surface area contributed by atoms with Gasteiger partial charge in [-0.15, -0.1) is 10.2 Å². The lowest BCUT2D eigenvalue weighted by Gasteiger charge is -2.04. The fourth-order valence-electron chi connectivity index (χ4n) is 2.22. The molecule has 1 aliphatic rings. The fourth-order valence-corrected chi connectivity index (χ4v) is 2.34. The number of ether oxygens (including phenoxy) is 2. The lowest BCUT2D eigenvalue weighted by atomic mass is 10.2. The van der Waals surface area contributed by atoms with Crippen molar-refractivity contribution in [2.75, 3.05) is 12.1 Å². The summed E-state index contributed by atoms with van der Waals surface area (Å²) in [6, 6.07) is 12.9. The van der Waals surface area contributed by atoms with Crippen LogP contribution in [0.3, 0.4) is 0 Å². The third kappa shape index (κ3) is 2.93. The van der Waals surface area contributed by atoms with Crippen molar-refractivity contribution in [1.82, 2.24) is 10.2 Å². The third-order valence-electron chi connectivity index (χ3n) is 3.37. The summed E-state index contributed by atoms with van der Waals surface area (Å²) in [6.45, 7) is 0.674. The number of halogens is 1. The van der Waals surface area contributed by atoms with E-state index in [1.54, 1.807) is 12.1 Å². The Balaban J connectivity index is 1.44. The van der Waals surface area contributed by atoms with Gasteiger partial charge in [0.2, 0.25) is 18.6 Å². The van der Waals surface area contributed by atoms with E-state index in [0.717, 1.165) is 22.7 Å². The first-order valence-electron chi connectivity index (χ1n) is 7.00. The van der Waals surface area contributed by atoms with Gasteiger partial charge in [0.15, 0.2) is 11.5 Å². The van der Waals surface area contributed by atoms with Gasteiger partial charge < -0.3 is 19.2 Å². The van der Waals surface area contributed by atoms with Crippen molar-refractivity contribution in [3.05, 3.63) is 53.4 Å². The Morgan fingerprint density at radius 2 is 1.83 bits per heavy atom. The molecule has 1 aliphatic heterocycles. The second kappa shape index (κ2) is 5.81. The fraction of sp³-hybridized carbons (Fsp3) is 0.125. The van der Waals surface area contributed by atoms with Gasteiger partial charge in [0, 0.05) is 22.3 Å². The molecule has 7 heteroatoms. The molecule has 116 valence electrons. The van der Waals surface area contributed by atoms with Crippen LogP contribution in [0.1, 0.15) is 5.89 Å². The molecule has 0 saturated carbocycles. The molecule has 2 heterocycles. The van der Waals surface area contributed by atoms with E-state index in [1.807, 2.05) is 30.3 Å². The van der Waals surface area contributed by atoms with E-state index in [0.29, 0.717) is 23.3 Å². The van der Waals surface area contributed by atoms with Crippen molar-refractivity contribution in [3.63, 3.8) is 0 Å². The molecule has 0 unspecified atom stereocenters. The lowest BCUT2D eigenvalue weighted by molar-refractivity contribution is 0.174. The summed E-state index contributed by atoms with van der Waals surface area (Å²) in [5.41, 5.74) is 1.72. The minimum Gasteiger partial charge on any atom is -0.454 e. The summed E-state index contributed by atoms with van der Waals surface area (Å²) in [5, 5.41) is 12.0. The largest absolute Gasteiger partial charge is 0.454 e. The summed E-state index contributed by atoms with van der Waals surface area (Å²) >= 11 is 5.87. The summed E-state index contributed by atoms with van der Waals surface area (Å²) < 4.78 is 16.3. The van der Waals surface area contributed by atoms with Crippen LogP contribution in [-0.2, 0) is 6.54 Å². The molecule has 23 heavy (non-hydrogen) atoms. The van der Waals surface area contributed by atoms with E-state index in [4.69, 9.17) is 25.5 Å². The second-order valence-corrected chi connectivity index (χ2v) is 5.37. The standard InChI is InChI=1S/C16H12ClN3O3/c17-11-3-1-10(2-4-11)16-20-19-15(23-16)8-18-12-5-6-13-14(7-12)22-9-21-13/h1-7,18H,8-9H2. The van der Waals surface area contributed by atoms with E-state index >= 15 is 0 Å². The quantitative estimate of drug-likeness (QED) is 0.786. The van der Waals surface area contributed by atoms with Gasteiger partial charge in [-0.25, -0.2) is 0 Å². The predicted octanol–water partition coefficient (Wildman–Crippen LogP) is 3.73. The molecule has 0 atom stereocenters. The number of anilines is 1. The highest BCUT2D eigenvalue weighted by atomic mass is 35.5. The van der Waals surface area contributed by atoms with Gasteiger partial charge in [-0.1, -0.05) is 11.6 Å². The Morgan fingerprint density at radius 1 is 1.00 bits per heavy atom. The van der Waals surface area contributed by atoms with Crippen LogP contribution in [0, 0.1) is 0 Å². The number of hydrogen-bond acceptors (Lipinski definition) is 6. The van der Waals surface area contributed by atoms with Crippen molar-refractivity contribution < 1.29 is 13.9 Å². The first-order chi connectivity index (χ1) is 11.3. The highest BCUT2D eigenvalue weighted by molar-refractivity contribution is 6.30. The first kappa shape index (κ1) is 13.9. The molecule has 1 aromatic heterocycles. The van der Waals surface area contributed by atoms with Crippen molar-refractivity contribution in [2.45, 2.75) is 6.54 Å². The maximum absolute atomic E-state index is 5.87. The molecule has 2 aromatic carbocycles.